The zero-order valence-corrected chi connectivity index (χ0v) is 11.7. The number of allylic oxidation sites excluding steroid dienone is 1. The van der Waals surface area contributed by atoms with Gasteiger partial charge in [0.25, 0.3) is 0 Å². The van der Waals surface area contributed by atoms with Crippen molar-refractivity contribution in [3.63, 3.8) is 0 Å². The van der Waals surface area contributed by atoms with Gasteiger partial charge in [0.05, 0.1) is 29.1 Å². The number of nitrogens with zero attached hydrogens (tertiary/aromatic N) is 2. The van der Waals surface area contributed by atoms with E-state index in [0.29, 0.717) is 13.2 Å². The minimum absolute atomic E-state index is 0.603. The Balaban J connectivity index is 2.73. The standard InChI is InChI=1S/C12H19BrN2O/c1-4-7-8-16-9-11-12(13)10(5-2)14-15(11)6-3/h4,7H,5-6,8-9H2,1-3H3. The van der Waals surface area contributed by atoms with Crippen molar-refractivity contribution in [1.29, 1.82) is 0 Å². The van der Waals surface area contributed by atoms with Gasteiger partial charge in [0.15, 0.2) is 0 Å². The highest BCUT2D eigenvalue weighted by molar-refractivity contribution is 9.10. The Morgan fingerprint density at radius 1 is 1.44 bits per heavy atom. The SMILES string of the molecule is CC=CCOCc1c(Br)c(CC)nn1CC. The molecule has 4 heteroatoms. The molecule has 0 aromatic carbocycles. The molecule has 0 saturated heterocycles. The number of halogens is 1. The lowest BCUT2D eigenvalue weighted by atomic mass is 10.3. The predicted molar refractivity (Wildman–Crippen MR) is 69.4 cm³/mol. The quantitative estimate of drug-likeness (QED) is 0.593. The first-order chi connectivity index (χ1) is 7.74. The molecule has 16 heavy (non-hydrogen) atoms. The third-order valence-corrected chi connectivity index (χ3v) is 3.30. The molecule has 1 rings (SSSR count). The van der Waals surface area contributed by atoms with E-state index in [9.17, 15) is 0 Å². The fraction of sp³-hybridized carbons (Fsp3) is 0.583. The summed E-state index contributed by atoms with van der Waals surface area (Å²) in [6.07, 6.45) is 4.93. The van der Waals surface area contributed by atoms with E-state index in [2.05, 4.69) is 34.9 Å². The van der Waals surface area contributed by atoms with Gasteiger partial charge in [-0.25, -0.2) is 0 Å². The first-order valence-corrected chi connectivity index (χ1v) is 6.46. The van der Waals surface area contributed by atoms with Gasteiger partial charge in [0.1, 0.15) is 0 Å². The molecule has 0 fully saturated rings. The fourth-order valence-electron chi connectivity index (χ4n) is 1.48. The summed E-state index contributed by atoms with van der Waals surface area (Å²) in [7, 11) is 0. The topological polar surface area (TPSA) is 27.1 Å². The van der Waals surface area contributed by atoms with Crippen LogP contribution in [0, 0.1) is 0 Å². The Morgan fingerprint density at radius 3 is 2.75 bits per heavy atom. The third kappa shape index (κ3) is 3.19. The number of hydrogen-bond acceptors (Lipinski definition) is 2. The molecular formula is C12H19BrN2O. The Bertz CT molecular complexity index is 358. The first kappa shape index (κ1) is 13.5. The Kier molecular flexibility index (Phi) is 5.77. The molecule has 0 saturated carbocycles. The lowest BCUT2D eigenvalue weighted by molar-refractivity contribution is 0.141. The summed E-state index contributed by atoms with van der Waals surface area (Å²) in [5.74, 6) is 0. The molecular weight excluding hydrogens is 268 g/mol. The molecule has 0 bridgehead atoms. The highest BCUT2D eigenvalue weighted by Crippen LogP contribution is 2.22. The van der Waals surface area contributed by atoms with Crippen LogP contribution in [0.4, 0.5) is 0 Å². The average Bonchev–Trinajstić information content (AvgIpc) is 2.61. The van der Waals surface area contributed by atoms with Crippen LogP contribution in [-0.4, -0.2) is 16.4 Å². The van der Waals surface area contributed by atoms with Crippen molar-refractivity contribution in [3.05, 3.63) is 28.0 Å². The van der Waals surface area contributed by atoms with Crippen LogP contribution in [-0.2, 0) is 24.3 Å². The van der Waals surface area contributed by atoms with Gasteiger partial charge in [0, 0.05) is 6.54 Å². The predicted octanol–water partition coefficient (Wildman–Crippen LogP) is 3.32. The molecule has 0 aliphatic heterocycles. The second kappa shape index (κ2) is 6.86. The van der Waals surface area contributed by atoms with Crippen molar-refractivity contribution >= 4 is 15.9 Å². The van der Waals surface area contributed by atoms with Crippen LogP contribution in [0.5, 0.6) is 0 Å². The van der Waals surface area contributed by atoms with E-state index >= 15 is 0 Å². The van der Waals surface area contributed by atoms with Crippen molar-refractivity contribution in [2.24, 2.45) is 0 Å². The summed E-state index contributed by atoms with van der Waals surface area (Å²) < 4.78 is 8.66. The highest BCUT2D eigenvalue weighted by atomic mass is 79.9. The van der Waals surface area contributed by atoms with Crippen LogP contribution in [0.1, 0.15) is 32.2 Å². The zero-order valence-electron chi connectivity index (χ0n) is 10.2. The number of hydrogen-bond donors (Lipinski definition) is 0. The minimum atomic E-state index is 0.603. The summed E-state index contributed by atoms with van der Waals surface area (Å²) in [6.45, 7) is 8.32. The molecule has 1 heterocycles. The molecule has 0 aliphatic rings. The third-order valence-electron chi connectivity index (χ3n) is 2.38. The second-order valence-corrected chi connectivity index (χ2v) is 4.25. The second-order valence-electron chi connectivity index (χ2n) is 3.46. The van der Waals surface area contributed by atoms with Gasteiger partial charge >= 0.3 is 0 Å². The lowest BCUT2D eigenvalue weighted by Crippen LogP contribution is -2.05. The molecule has 0 radical (unpaired) electrons. The van der Waals surface area contributed by atoms with Crippen molar-refractivity contribution in [1.82, 2.24) is 9.78 Å². The molecule has 1 aromatic heterocycles. The maximum atomic E-state index is 5.56. The summed E-state index contributed by atoms with van der Waals surface area (Å²) in [5, 5.41) is 4.52. The Labute approximate surface area is 106 Å². The highest BCUT2D eigenvalue weighted by Gasteiger charge is 2.13. The largest absolute Gasteiger partial charge is 0.371 e. The fourth-order valence-corrected chi connectivity index (χ4v) is 2.15. The summed E-state index contributed by atoms with van der Waals surface area (Å²) in [4.78, 5) is 0. The summed E-state index contributed by atoms with van der Waals surface area (Å²) in [5.41, 5.74) is 2.23. The van der Waals surface area contributed by atoms with Gasteiger partial charge in [0.2, 0.25) is 0 Å². The average molecular weight is 287 g/mol. The lowest BCUT2D eigenvalue weighted by Gasteiger charge is -2.05. The van der Waals surface area contributed by atoms with Crippen LogP contribution in [0.25, 0.3) is 0 Å². The molecule has 0 aliphatic carbocycles. The molecule has 0 atom stereocenters. The van der Waals surface area contributed by atoms with Crippen LogP contribution < -0.4 is 0 Å². The molecule has 1 aromatic rings. The number of ether oxygens (including phenoxy) is 1. The monoisotopic (exact) mass is 286 g/mol. The molecule has 90 valence electrons. The van der Waals surface area contributed by atoms with E-state index in [1.165, 1.54) is 0 Å². The summed E-state index contributed by atoms with van der Waals surface area (Å²) >= 11 is 3.59. The van der Waals surface area contributed by atoms with Crippen molar-refractivity contribution < 1.29 is 4.74 Å². The zero-order chi connectivity index (χ0) is 12.0. The molecule has 0 amide bonds. The van der Waals surface area contributed by atoms with Crippen molar-refractivity contribution in [2.45, 2.75) is 40.3 Å². The van der Waals surface area contributed by atoms with E-state index in [-0.39, 0.29) is 0 Å². The number of rotatable bonds is 6. The van der Waals surface area contributed by atoms with Gasteiger partial charge in [-0.05, 0) is 36.2 Å². The van der Waals surface area contributed by atoms with Crippen LogP contribution in [0.15, 0.2) is 16.6 Å². The summed E-state index contributed by atoms with van der Waals surface area (Å²) in [6, 6.07) is 0. The van der Waals surface area contributed by atoms with Gasteiger partial charge in [-0.15, -0.1) is 0 Å². The Morgan fingerprint density at radius 2 is 2.19 bits per heavy atom. The van der Waals surface area contributed by atoms with E-state index in [4.69, 9.17) is 4.74 Å². The van der Waals surface area contributed by atoms with Gasteiger partial charge in [-0.2, -0.15) is 5.10 Å². The first-order valence-electron chi connectivity index (χ1n) is 5.67. The Hall–Kier alpha value is -0.610. The maximum Gasteiger partial charge on any atom is 0.0900 e. The minimum Gasteiger partial charge on any atom is -0.371 e. The maximum absolute atomic E-state index is 5.56. The van der Waals surface area contributed by atoms with E-state index < -0.39 is 0 Å². The van der Waals surface area contributed by atoms with Crippen molar-refractivity contribution in [2.75, 3.05) is 6.61 Å². The van der Waals surface area contributed by atoms with Crippen LogP contribution >= 0.6 is 15.9 Å². The number of aryl methyl sites for hydroxylation is 2. The molecule has 0 spiro atoms. The van der Waals surface area contributed by atoms with E-state index in [1.807, 2.05) is 23.8 Å². The van der Waals surface area contributed by atoms with Crippen LogP contribution in [0.2, 0.25) is 0 Å². The van der Waals surface area contributed by atoms with Gasteiger partial charge < -0.3 is 4.74 Å². The number of aromatic nitrogens is 2. The smallest absolute Gasteiger partial charge is 0.0900 e. The normalized spacial score (nSPS) is 11.5. The molecule has 3 nitrogen and oxygen atoms in total. The van der Waals surface area contributed by atoms with Crippen LogP contribution in [0.3, 0.4) is 0 Å². The van der Waals surface area contributed by atoms with Gasteiger partial charge in [-0.1, -0.05) is 19.1 Å². The molecule has 0 N–H and O–H groups in total. The molecule has 0 unspecified atom stereocenters. The van der Waals surface area contributed by atoms with E-state index in [1.54, 1.807) is 0 Å². The van der Waals surface area contributed by atoms with Gasteiger partial charge in [-0.3, -0.25) is 4.68 Å². The van der Waals surface area contributed by atoms with E-state index in [0.717, 1.165) is 28.8 Å². The van der Waals surface area contributed by atoms with Crippen molar-refractivity contribution in [3.8, 4) is 0 Å².